The number of rotatable bonds is 8. The van der Waals surface area contributed by atoms with Crippen molar-refractivity contribution in [2.45, 2.75) is 43.9 Å². The summed E-state index contributed by atoms with van der Waals surface area (Å²) >= 11 is 0. The number of nitrogens with zero attached hydrogens (tertiary/aromatic N) is 2. The molecule has 5 aromatic rings. The summed E-state index contributed by atoms with van der Waals surface area (Å²) in [6.45, 7) is 4.06. The third-order valence-corrected chi connectivity index (χ3v) is 8.54. The molecule has 204 valence electrons. The van der Waals surface area contributed by atoms with E-state index in [4.69, 9.17) is 9.97 Å². The highest BCUT2D eigenvalue weighted by Crippen LogP contribution is 2.56. The molecule has 0 amide bonds. The van der Waals surface area contributed by atoms with E-state index in [0.717, 1.165) is 27.8 Å². The number of aliphatic carboxylic acids is 2. The van der Waals surface area contributed by atoms with Gasteiger partial charge in [-0.1, -0.05) is 84.9 Å². The van der Waals surface area contributed by atoms with E-state index < -0.39 is 29.2 Å². The Morgan fingerprint density at radius 2 is 1.15 bits per heavy atom. The van der Waals surface area contributed by atoms with Gasteiger partial charge in [-0.15, -0.1) is 0 Å². The Bertz CT molecular complexity index is 1720. The molecule has 2 N–H and O–H groups in total. The number of hydrogen-bond donors (Lipinski definition) is 2. The summed E-state index contributed by atoms with van der Waals surface area (Å²) in [4.78, 5) is 36.0. The van der Waals surface area contributed by atoms with E-state index in [0.29, 0.717) is 28.0 Å². The maximum atomic E-state index is 12.9. The molecule has 0 spiro atoms. The van der Waals surface area contributed by atoms with Crippen LogP contribution in [0.25, 0.3) is 22.3 Å². The molecule has 0 bridgehead atoms. The highest BCUT2D eigenvalue weighted by Gasteiger charge is 2.50. The van der Waals surface area contributed by atoms with E-state index in [1.807, 2.05) is 111 Å². The van der Waals surface area contributed by atoms with Gasteiger partial charge < -0.3 is 10.2 Å². The Morgan fingerprint density at radius 3 is 1.66 bits per heavy atom. The van der Waals surface area contributed by atoms with Crippen LogP contribution >= 0.6 is 0 Å². The molecule has 41 heavy (non-hydrogen) atoms. The summed E-state index contributed by atoms with van der Waals surface area (Å²) < 4.78 is 0. The molecule has 2 unspecified atom stereocenters. The number of carbonyl (C=O) groups is 2. The van der Waals surface area contributed by atoms with Crippen LogP contribution in [0.15, 0.2) is 97.1 Å². The lowest BCUT2D eigenvalue weighted by Crippen LogP contribution is -2.35. The van der Waals surface area contributed by atoms with Crippen LogP contribution in [0.2, 0.25) is 0 Å². The van der Waals surface area contributed by atoms with Gasteiger partial charge in [-0.3, -0.25) is 9.59 Å². The van der Waals surface area contributed by atoms with Gasteiger partial charge in [0.1, 0.15) is 0 Å². The van der Waals surface area contributed by atoms with Gasteiger partial charge in [0.15, 0.2) is 0 Å². The van der Waals surface area contributed by atoms with Crippen LogP contribution in [-0.4, -0.2) is 32.1 Å². The summed E-state index contributed by atoms with van der Waals surface area (Å²) in [6.07, 6.45) is 0.274. The number of carboxylic acids is 2. The monoisotopic (exact) mass is 542 g/mol. The maximum absolute atomic E-state index is 12.9. The minimum absolute atomic E-state index is 0.137. The van der Waals surface area contributed by atoms with E-state index in [2.05, 4.69) is 0 Å². The lowest BCUT2D eigenvalue weighted by atomic mass is 9.66. The van der Waals surface area contributed by atoms with Crippen molar-refractivity contribution in [3.05, 3.63) is 131 Å². The maximum Gasteiger partial charge on any atom is 0.311 e. The third-order valence-electron chi connectivity index (χ3n) is 8.54. The Balaban J connectivity index is 1.65. The molecule has 1 aliphatic carbocycles. The van der Waals surface area contributed by atoms with Gasteiger partial charge in [0.25, 0.3) is 0 Å². The summed E-state index contributed by atoms with van der Waals surface area (Å²) in [6, 6.07) is 30.1. The quantitative estimate of drug-likeness (QED) is 0.218. The number of aromatic nitrogens is 2. The van der Waals surface area contributed by atoms with E-state index in [9.17, 15) is 19.8 Å². The van der Waals surface area contributed by atoms with Crippen LogP contribution in [0, 0.1) is 13.8 Å². The highest BCUT2D eigenvalue weighted by atomic mass is 16.4. The van der Waals surface area contributed by atoms with Crippen LogP contribution in [0.4, 0.5) is 0 Å². The number of aryl methyl sites for hydroxylation is 2. The lowest BCUT2D eigenvalue weighted by molar-refractivity contribution is -0.139. The van der Waals surface area contributed by atoms with Crippen LogP contribution in [0.5, 0.6) is 0 Å². The van der Waals surface area contributed by atoms with Gasteiger partial charge in [0.2, 0.25) is 0 Å². The van der Waals surface area contributed by atoms with E-state index in [1.54, 1.807) is 0 Å². The number of benzene rings is 4. The fourth-order valence-corrected chi connectivity index (χ4v) is 6.33. The molecule has 0 radical (unpaired) electrons. The minimum atomic E-state index is -1.02. The van der Waals surface area contributed by atoms with Gasteiger partial charge in [-0.2, -0.15) is 0 Å². The average Bonchev–Trinajstić information content (AvgIpc) is 3.23. The summed E-state index contributed by atoms with van der Waals surface area (Å²) in [5, 5.41) is 21.1. The van der Waals surface area contributed by atoms with Gasteiger partial charge >= 0.3 is 11.9 Å². The number of fused-ring (bicyclic) bond motifs is 4. The minimum Gasteiger partial charge on any atom is -0.481 e. The molecule has 4 aromatic carbocycles. The Morgan fingerprint density at radius 1 is 0.683 bits per heavy atom. The van der Waals surface area contributed by atoms with Gasteiger partial charge in [0.05, 0.1) is 34.3 Å². The molecule has 0 saturated heterocycles. The SMILES string of the molecule is Cc1cc2nc3c(nc2cc1C)C(CC(C(=O)O)c1ccccc1)(CC(C(=O)O)c1ccccc1)c1ccccc1-3. The van der Waals surface area contributed by atoms with E-state index in [1.165, 1.54) is 0 Å². The molecule has 0 saturated carbocycles. The van der Waals surface area contributed by atoms with Crippen molar-refractivity contribution in [1.29, 1.82) is 0 Å². The number of hydrogen-bond acceptors (Lipinski definition) is 4. The van der Waals surface area contributed by atoms with Crippen molar-refractivity contribution in [2.75, 3.05) is 0 Å². The van der Waals surface area contributed by atoms with Crippen molar-refractivity contribution in [3.63, 3.8) is 0 Å². The molecule has 1 aromatic heterocycles. The first-order valence-corrected chi connectivity index (χ1v) is 13.7. The zero-order valence-corrected chi connectivity index (χ0v) is 22.9. The molecule has 0 fully saturated rings. The summed E-state index contributed by atoms with van der Waals surface area (Å²) in [5.74, 6) is -3.71. The van der Waals surface area contributed by atoms with Gasteiger partial charge in [-0.25, -0.2) is 9.97 Å². The topological polar surface area (TPSA) is 100 Å². The second-order valence-electron chi connectivity index (χ2n) is 11.0. The molecule has 2 atom stereocenters. The second kappa shape index (κ2) is 10.3. The van der Waals surface area contributed by atoms with Gasteiger partial charge in [-0.05, 0) is 66.6 Å². The van der Waals surface area contributed by atoms with Crippen molar-refractivity contribution in [2.24, 2.45) is 0 Å². The Hall–Kier alpha value is -4.84. The smallest absolute Gasteiger partial charge is 0.311 e. The molecule has 1 aliphatic rings. The molecule has 1 heterocycles. The highest BCUT2D eigenvalue weighted by molar-refractivity contribution is 5.86. The fraction of sp³-hybridized carbons (Fsp3) is 0.200. The Kier molecular flexibility index (Phi) is 6.62. The lowest BCUT2D eigenvalue weighted by Gasteiger charge is -2.36. The van der Waals surface area contributed by atoms with Crippen LogP contribution in [-0.2, 0) is 15.0 Å². The van der Waals surface area contributed by atoms with Crippen molar-refractivity contribution in [1.82, 2.24) is 9.97 Å². The normalized spacial score (nSPS) is 17.0. The van der Waals surface area contributed by atoms with Crippen molar-refractivity contribution < 1.29 is 19.8 Å². The number of carboxylic acid groups (broad SMARTS) is 2. The third kappa shape index (κ3) is 4.55. The molecule has 6 nitrogen and oxygen atoms in total. The average molecular weight is 543 g/mol. The fourth-order valence-electron chi connectivity index (χ4n) is 6.33. The first-order valence-electron chi connectivity index (χ1n) is 13.7. The molecular weight excluding hydrogens is 512 g/mol. The zero-order valence-electron chi connectivity index (χ0n) is 22.9. The van der Waals surface area contributed by atoms with Gasteiger partial charge in [0, 0.05) is 11.0 Å². The predicted molar refractivity (Wildman–Crippen MR) is 158 cm³/mol. The standard InChI is InChI=1S/C35H30N2O4/c1-21-17-29-30(18-22(21)2)37-32-31(36-29)25-15-9-10-16-28(25)35(32,19-26(33(38)39)23-11-5-3-6-12-23)20-27(34(40)41)24-13-7-4-8-14-24/h3-18,26-27H,19-20H2,1-2H3,(H,38,39)(H,40,41). The van der Waals surface area contributed by atoms with E-state index in [-0.39, 0.29) is 12.8 Å². The molecule has 6 heteroatoms. The molecule has 0 aliphatic heterocycles. The first-order chi connectivity index (χ1) is 19.8. The predicted octanol–water partition coefficient (Wildman–Crippen LogP) is 7.03. The first kappa shape index (κ1) is 26.4. The summed E-state index contributed by atoms with van der Waals surface area (Å²) in [7, 11) is 0. The Labute approximate surface area is 238 Å². The molecular formula is C35H30N2O4. The largest absolute Gasteiger partial charge is 0.481 e. The van der Waals surface area contributed by atoms with Crippen LogP contribution in [0.3, 0.4) is 0 Å². The van der Waals surface area contributed by atoms with Crippen LogP contribution in [0.1, 0.15) is 58.2 Å². The van der Waals surface area contributed by atoms with E-state index >= 15 is 0 Å². The second-order valence-corrected chi connectivity index (χ2v) is 11.0. The van der Waals surface area contributed by atoms with Crippen molar-refractivity contribution >= 4 is 23.0 Å². The summed E-state index contributed by atoms with van der Waals surface area (Å²) in [5.41, 5.74) is 7.01. The zero-order chi connectivity index (χ0) is 28.7. The van der Waals surface area contributed by atoms with Crippen molar-refractivity contribution in [3.8, 4) is 11.3 Å². The molecule has 6 rings (SSSR count). The van der Waals surface area contributed by atoms with Crippen LogP contribution < -0.4 is 0 Å².